The lowest BCUT2D eigenvalue weighted by atomic mass is 10.1. The SMILES string of the molecule is COC(=O)c1nc(Cc2ccc(Br)cc2)[nH]c(=O)c1O.COC(=O)c1nc(Cc2ccc(Br)cc2)[nH]c(=O)c1OC(=O)c1ccccc1.COC(=O)c1nc(Cc2ccc(Br)cc2)n(C)c(=O)c1OC(=O)c1ccccc1.COC(=O)c1nc(Cc2ccc(Br)cc2)n(C)c(=O)c1OCc1ccccc1.N#CCc1ccc(Br)cc1.N/C(Cc1ccc(Br)cc1)=N\O. The maximum absolute atomic E-state index is 12.9. The molecule has 0 aliphatic carbocycles. The van der Waals surface area contributed by atoms with Gasteiger partial charge in [0.25, 0.3) is 22.2 Å². The summed E-state index contributed by atoms with van der Waals surface area (Å²) in [6.07, 6.45) is 2.27. The summed E-state index contributed by atoms with van der Waals surface area (Å²) in [4.78, 5) is 144. The second kappa shape index (κ2) is 49.9. The fraction of sp³-hybridized carbons (Fsp3) is 0.143. The van der Waals surface area contributed by atoms with Gasteiger partial charge in [0.05, 0.1) is 52.1 Å². The van der Waals surface area contributed by atoms with E-state index in [9.17, 15) is 53.1 Å². The smallest absolute Gasteiger partial charge is 0.360 e. The Morgan fingerprint density at radius 1 is 0.402 bits per heavy atom. The second-order valence-corrected chi connectivity index (χ2v) is 31.9. The molecule has 0 fully saturated rings. The van der Waals surface area contributed by atoms with E-state index in [-0.39, 0.29) is 70.2 Å². The second-order valence-electron chi connectivity index (χ2n) is 26.4. The van der Waals surface area contributed by atoms with Crippen LogP contribution in [0.25, 0.3) is 0 Å². The lowest BCUT2D eigenvalue weighted by molar-refractivity contribution is 0.0570. The summed E-state index contributed by atoms with van der Waals surface area (Å²) in [6, 6.07) is 73.1. The number of nitrogens with zero attached hydrogens (tertiary/aromatic N) is 8. The average molecular weight is 2110 g/mol. The number of oxime groups is 1. The molecule has 652 valence electrons. The van der Waals surface area contributed by atoms with Crippen molar-refractivity contribution in [3.63, 3.8) is 0 Å². The van der Waals surface area contributed by atoms with E-state index < -0.39 is 75.3 Å². The van der Waals surface area contributed by atoms with Crippen LogP contribution in [0.4, 0.5) is 0 Å². The number of H-pyrrole nitrogens is 2. The third-order valence-electron chi connectivity index (χ3n) is 17.4. The number of halogens is 6. The van der Waals surface area contributed by atoms with Gasteiger partial charge in [-0.3, -0.25) is 28.3 Å². The van der Waals surface area contributed by atoms with Crippen LogP contribution in [0.2, 0.25) is 0 Å². The first-order valence-electron chi connectivity index (χ1n) is 37.4. The van der Waals surface area contributed by atoms with Crippen molar-refractivity contribution in [3.05, 3.63) is 401 Å². The Morgan fingerprint density at radius 3 is 1.09 bits per heavy atom. The quantitative estimate of drug-likeness (QED) is 0.0105. The van der Waals surface area contributed by atoms with Gasteiger partial charge in [0.1, 0.15) is 35.7 Å². The van der Waals surface area contributed by atoms with Gasteiger partial charge in [-0.05, 0) is 136 Å². The third kappa shape index (κ3) is 30.5. The molecule has 0 bridgehead atoms. The molecule has 0 unspecified atom stereocenters. The van der Waals surface area contributed by atoms with Crippen molar-refractivity contribution in [2.24, 2.45) is 25.0 Å². The van der Waals surface area contributed by atoms with Crippen LogP contribution in [0, 0.1) is 11.3 Å². The molecule has 0 radical (unpaired) electrons. The van der Waals surface area contributed by atoms with E-state index in [2.05, 4.69) is 146 Å². The van der Waals surface area contributed by atoms with E-state index in [0.29, 0.717) is 43.8 Å². The van der Waals surface area contributed by atoms with E-state index in [1.54, 1.807) is 55.6 Å². The topological polar surface area (TPSA) is 431 Å². The predicted molar refractivity (Wildman–Crippen MR) is 492 cm³/mol. The number of nitriles is 1. The molecule has 4 aromatic heterocycles. The standard InChI is InChI=1S/C21H17BrN2O5.C21H19BrN2O4.C20H15BrN2O5.C13H11BrN2O4.C8H9BrN2O.C8H6BrN/c1-24-16(12-13-8-10-15(22)11-9-13)23-17(21(27)28-2)18(19(24)25)29-20(26)14-6-4-3-5-7-14;1-24-17(12-14-8-10-16(22)11-9-14)23-18(21(26)27-2)19(20(24)25)28-13-15-6-4-3-5-7-15;1-27-20(26)16-17(28-19(25)13-5-3-2-4-6-13)18(24)23-15(22-16)11-12-7-9-14(21)10-8-12;1-20-13(19)10-11(17)12(18)16-9(15-10)6-7-2-4-8(14)5-3-7;9-7-3-1-6(2-4-7)5-8(10)11-12;9-8-3-1-7(2-4-8)5-6-10/h3-11H,12H2,1-2H3;3-11H,12-13H2,1-2H3;2-10H,11H2,1H3,(H,22,23,24);2-5,17H,6H2,1H3,(H,15,16,18);1-4,12H,5H2,(H2,10,11);1-4H,5H2. The van der Waals surface area contributed by atoms with Gasteiger partial charge in [-0.2, -0.15) is 5.26 Å². The molecule has 0 saturated carbocycles. The third-order valence-corrected chi connectivity index (χ3v) is 20.6. The summed E-state index contributed by atoms with van der Waals surface area (Å²) in [5.74, 6) is -5.16. The van der Waals surface area contributed by atoms with Crippen molar-refractivity contribution in [3.8, 4) is 29.1 Å². The van der Waals surface area contributed by atoms with E-state index in [4.69, 9.17) is 39.9 Å². The highest BCUT2D eigenvalue weighted by Gasteiger charge is 2.28. The Balaban J connectivity index is 0.000000195. The fourth-order valence-electron chi connectivity index (χ4n) is 10.9. The molecule has 13 rings (SSSR count). The lowest BCUT2D eigenvalue weighted by Gasteiger charge is -2.14. The number of esters is 6. The molecular weight excluding hydrogens is 2030 g/mol. The number of benzene rings is 9. The molecule has 127 heavy (non-hydrogen) atoms. The van der Waals surface area contributed by atoms with Crippen LogP contribution in [0.15, 0.2) is 288 Å². The molecule has 0 aliphatic heterocycles. The Morgan fingerprint density at radius 2 is 0.717 bits per heavy atom. The van der Waals surface area contributed by atoms with Gasteiger partial charge >= 0.3 is 35.8 Å². The van der Waals surface area contributed by atoms with Crippen LogP contribution in [-0.2, 0) is 78.2 Å². The molecule has 0 amide bonds. The van der Waals surface area contributed by atoms with Crippen molar-refractivity contribution in [2.45, 2.75) is 45.1 Å². The molecular formula is C91H77Br6N11O19. The van der Waals surface area contributed by atoms with Crippen LogP contribution < -0.4 is 42.2 Å². The summed E-state index contributed by atoms with van der Waals surface area (Å²) < 4.78 is 43.2. The first kappa shape index (κ1) is 99.0. The van der Waals surface area contributed by atoms with Gasteiger partial charge in [0, 0.05) is 73.0 Å². The number of aromatic nitrogens is 8. The van der Waals surface area contributed by atoms with Gasteiger partial charge in [0.15, 0.2) is 22.8 Å². The van der Waals surface area contributed by atoms with Crippen LogP contribution in [0.3, 0.4) is 0 Å². The van der Waals surface area contributed by atoms with Gasteiger partial charge in [0.2, 0.25) is 23.0 Å². The molecule has 6 N–H and O–H groups in total. The number of aromatic amines is 2. The highest BCUT2D eigenvalue weighted by Crippen LogP contribution is 2.24. The van der Waals surface area contributed by atoms with Crippen LogP contribution in [-0.4, -0.2) is 119 Å². The highest BCUT2D eigenvalue weighted by atomic mass is 79.9. The molecule has 0 atom stereocenters. The first-order valence-corrected chi connectivity index (χ1v) is 42.2. The Bertz CT molecular complexity index is 6310. The maximum Gasteiger partial charge on any atom is 0.360 e. The summed E-state index contributed by atoms with van der Waals surface area (Å²) in [5, 5.41) is 29.0. The van der Waals surface area contributed by atoms with E-state index in [1.807, 2.05) is 176 Å². The van der Waals surface area contributed by atoms with Gasteiger partial charge < -0.3 is 59.2 Å². The zero-order valence-electron chi connectivity index (χ0n) is 68.2. The summed E-state index contributed by atoms with van der Waals surface area (Å²) in [5.41, 5.74) is 8.58. The predicted octanol–water partition coefficient (Wildman–Crippen LogP) is 15.6. The van der Waals surface area contributed by atoms with Gasteiger partial charge in [-0.25, -0.2) is 48.7 Å². The fourth-order valence-corrected chi connectivity index (χ4v) is 12.5. The van der Waals surface area contributed by atoms with E-state index >= 15 is 0 Å². The summed E-state index contributed by atoms with van der Waals surface area (Å²) >= 11 is 20.1. The number of nitrogens with one attached hydrogen (secondary N) is 2. The number of amidine groups is 1. The van der Waals surface area contributed by atoms with Crippen molar-refractivity contribution >= 4 is 137 Å². The number of carbonyl (C=O) groups excluding carboxylic acids is 6. The van der Waals surface area contributed by atoms with E-state index in [1.165, 1.54) is 42.5 Å². The number of nitrogens with two attached hydrogens (primary N) is 1. The van der Waals surface area contributed by atoms with Crippen LogP contribution in [0.5, 0.6) is 23.0 Å². The van der Waals surface area contributed by atoms with Crippen molar-refractivity contribution < 1.29 is 72.2 Å². The number of rotatable bonds is 22. The van der Waals surface area contributed by atoms with Gasteiger partial charge in [-0.15, -0.1) is 0 Å². The normalized spacial score (nSPS) is 10.4. The minimum absolute atomic E-state index is 0.113. The molecule has 0 saturated heterocycles. The van der Waals surface area contributed by atoms with Crippen molar-refractivity contribution in [2.75, 3.05) is 28.4 Å². The Labute approximate surface area is 776 Å². The number of methoxy groups -OCH3 is 4. The molecule has 36 heteroatoms. The first-order chi connectivity index (χ1) is 60.9. The summed E-state index contributed by atoms with van der Waals surface area (Å²) in [7, 11) is 7.83. The molecule has 0 spiro atoms. The Hall–Kier alpha value is -13.4. The highest BCUT2D eigenvalue weighted by molar-refractivity contribution is 9.11. The van der Waals surface area contributed by atoms with Gasteiger partial charge in [-0.1, -0.05) is 240 Å². The number of hydrogen-bond acceptors (Lipinski definition) is 25. The van der Waals surface area contributed by atoms with Crippen molar-refractivity contribution in [1.82, 2.24) is 39.0 Å². The largest absolute Gasteiger partial charge is 0.501 e. The molecule has 4 heterocycles. The van der Waals surface area contributed by atoms with Crippen LogP contribution >= 0.6 is 95.6 Å². The number of ether oxygens (including phenoxy) is 7. The average Bonchev–Trinajstić information content (AvgIpc) is 0.795. The maximum atomic E-state index is 12.9. The molecule has 9 aromatic carbocycles. The zero-order chi connectivity index (χ0) is 92.2. The molecule has 13 aromatic rings. The summed E-state index contributed by atoms with van der Waals surface area (Å²) in [6.45, 7) is 0.147. The molecule has 0 aliphatic rings. The number of carbonyl (C=O) groups is 6. The monoisotopic (exact) mass is 2100 g/mol. The number of hydrogen-bond donors (Lipinski definition) is 5. The Kier molecular flexibility index (Phi) is 38.9. The zero-order valence-corrected chi connectivity index (χ0v) is 77.7. The van der Waals surface area contributed by atoms with Crippen LogP contribution in [0.1, 0.15) is 125 Å². The van der Waals surface area contributed by atoms with Crippen molar-refractivity contribution in [1.29, 1.82) is 5.26 Å². The number of aromatic hydroxyl groups is 1. The molecule has 30 nitrogen and oxygen atoms in total. The van der Waals surface area contributed by atoms with E-state index in [0.717, 1.165) is 80.0 Å². The lowest BCUT2D eigenvalue weighted by Crippen LogP contribution is -2.29. The minimum Gasteiger partial charge on any atom is -0.501 e. The minimum atomic E-state index is -0.876.